The van der Waals surface area contributed by atoms with Crippen LogP contribution >= 0.6 is 11.6 Å². The van der Waals surface area contributed by atoms with Crippen molar-refractivity contribution in [3.8, 4) is 17.2 Å². The summed E-state index contributed by atoms with van der Waals surface area (Å²) in [7, 11) is 3.32. The Balaban J connectivity index is 1.54. The molecule has 8 heteroatoms. The van der Waals surface area contributed by atoms with Gasteiger partial charge in [0.15, 0.2) is 11.5 Å². The molecule has 1 atom stereocenters. The third kappa shape index (κ3) is 7.10. The normalized spacial score (nSPS) is 14.6. The zero-order valence-electron chi connectivity index (χ0n) is 22.4. The molecule has 0 heterocycles. The smallest absolute Gasteiger partial charge is 0.223 e. The van der Waals surface area contributed by atoms with Crippen molar-refractivity contribution in [2.45, 2.75) is 71.3 Å². The SMILES string of the molecule is CCCN(C(=O)CCCCCN(C(C)=O)c1ccc(O)c(Cl)c1)[C@H]1CCc2c(ccc(OC)c2OC)C1. The summed E-state index contributed by atoms with van der Waals surface area (Å²) >= 11 is 6.02. The summed E-state index contributed by atoms with van der Waals surface area (Å²) in [6.45, 7) is 4.91. The van der Waals surface area contributed by atoms with Gasteiger partial charge < -0.3 is 24.4 Å². The first-order valence-electron chi connectivity index (χ1n) is 13.1. The van der Waals surface area contributed by atoms with Gasteiger partial charge >= 0.3 is 0 Å². The van der Waals surface area contributed by atoms with Crippen LogP contribution in [-0.4, -0.2) is 55.2 Å². The van der Waals surface area contributed by atoms with Gasteiger partial charge in [-0.25, -0.2) is 0 Å². The number of fused-ring (bicyclic) bond motifs is 1. The van der Waals surface area contributed by atoms with Gasteiger partial charge in [0, 0.05) is 43.7 Å². The number of anilines is 1. The number of benzene rings is 2. The van der Waals surface area contributed by atoms with E-state index in [0.29, 0.717) is 18.7 Å². The van der Waals surface area contributed by atoms with Gasteiger partial charge in [0.1, 0.15) is 5.75 Å². The van der Waals surface area contributed by atoms with E-state index in [2.05, 4.69) is 17.9 Å². The number of nitrogens with zero attached hydrogens (tertiary/aromatic N) is 2. The van der Waals surface area contributed by atoms with Crippen LogP contribution in [0.2, 0.25) is 5.02 Å². The van der Waals surface area contributed by atoms with Gasteiger partial charge in [0.2, 0.25) is 11.8 Å². The van der Waals surface area contributed by atoms with Gasteiger partial charge in [-0.1, -0.05) is 31.0 Å². The van der Waals surface area contributed by atoms with Gasteiger partial charge in [0.05, 0.1) is 19.2 Å². The molecule has 37 heavy (non-hydrogen) atoms. The first-order chi connectivity index (χ1) is 17.8. The molecule has 0 radical (unpaired) electrons. The number of phenols is 1. The number of phenolic OH excluding ortho intramolecular Hbond substituents is 1. The second-order valence-corrected chi connectivity index (χ2v) is 9.95. The zero-order valence-corrected chi connectivity index (χ0v) is 23.1. The molecule has 1 N–H and O–H groups in total. The highest BCUT2D eigenvalue weighted by Crippen LogP contribution is 2.38. The van der Waals surface area contributed by atoms with Crippen molar-refractivity contribution in [1.29, 1.82) is 0 Å². The fourth-order valence-corrected chi connectivity index (χ4v) is 5.36. The lowest BCUT2D eigenvalue weighted by Crippen LogP contribution is -2.43. The summed E-state index contributed by atoms with van der Waals surface area (Å²) in [5, 5.41) is 9.87. The quantitative estimate of drug-likeness (QED) is 0.352. The average Bonchev–Trinajstić information content (AvgIpc) is 2.89. The summed E-state index contributed by atoms with van der Waals surface area (Å²) < 4.78 is 11.1. The molecule has 2 aromatic rings. The lowest BCUT2D eigenvalue weighted by molar-refractivity contribution is -0.134. The third-order valence-corrected chi connectivity index (χ3v) is 7.35. The van der Waals surface area contributed by atoms with Crippen molar-refractivity contribution in [1.82, 2.24) is 4.90 Å². The van der Waals surface area contributed by atoms with Crippen molar-refractivity contribution in [3.05, 3.63) is 46.5 Å². The molecular weight excluding hydrogens is 492 g/mol. The Hall–Kier alpha value is -2.93. The lowest BCUT2D eigenvalue weighted by Gasteiger charge is -2.36. The van der Waals surface area contributed by atoms with E-state index < -0.39 is 0 Å². The van der Waals surface area contributed by atoms with Gasteiger partial charge in [-0.15, -0.1) is 0 Å². The number of hydrogen-bond acceptors (Lipinski definition) is 5. The Morgan fingerprint density at radius 3 is 2.51 bits per heavy atom. The summed E-state index contributed by atoms with van der Waals surface area (Å²) in [6, 6.07) is 9.00. The van der Waals surface area contributed by atoms with Crippen LogP contribution in [0.4, 0.5) is 5.69 Å². The standard InChI is InChI=1S/C29H39ClN2O5/c1-5-16-32(22-11-13-24-21(18-22)10-15-27(36-3)29(24)37-4)28(35)9-7-6-8-17-31(20(2)33)23-12-14-26(34)25(30)19-23/h10,12,14-15,19,22,34H,5-9,11,13,16-18H2,1-4H3/t22-/m0/s1. The van der Waals surface area contributed by atoms with Gasteiger partial charge in [-0.2, -0.15) is 0 Å². The van der Waals surface area contributed by atoms with Crippen molar-refractivity contribution in [2.24, 2.45) is 0 Å². The molecule has 202 valence electrons. The molecule has 2 amide bonds. The van der Waals surface area contributed by atoms with Crippen LogP contribution in [0.1, 0.15) is 63.5 Å². The third-order valence-electron chi connectivity index (χ3n) is 7.05. The molecule has 0 saturated carbocycles. The van der Waals surface area contributed by atoms with Crippen LogP contribution in [-0.2, 0) is 22.4 Å². The molecule has 0 bridgehead atoms. The fourth-order valence-electron chi connectivity index (χ4n) is 5.18. The molecule has 0 saturated heterocycles. The van der Waals surface area contributed by atoms with Crippen molar-refractivity contribution < 1.29 is 24.2 Å². The maximum absolute atomic E-state index is 13.2. The van der Waals surface area contributed by atoms with Crippen LogP contribution in [0.5, 0.6) is 17.2 Å². The number of hydrogen-bond donors (Lipinski definition) is 1. The Morgan fingerprint density at radius 2 is 1.86 bits per heavy atom. The molecule has 0 aliphatic heterocycles. The van der Waals surface area contributed by atoms with Crippen LogP contribution in [0, 0.1) is 0 Å². The second-order valence-electron chi connectivity index (χ2n) is 9.54. The molecular formula is C29H39ClN2O5. The Labute approximate surface area is 225 Å². The van der Waals surface area contributed by atoms with E-state index in [1.807, 2.05) is 6.07 Å². The molecule has 1 aliphatic carbocycles. The highest BCUT2D eigenvalue weighted by Gasteiger charge is 2.29. The molecule has 0 spiro atoms. The van der Waals surface area contributed by atoms with Crippen LogP contribution < -0.4 is 14.4 Å². The number of carbonyl (C=O) groups is 2. The number of aromatic hydroxyl groups is 1. The monoisotopic (exact) mass is 530 g/mol. The zero-order chi connectivity index (χ0) is 26.9. The summed E-state index contributed by atoms with van der Waals surface area (Å²) in [5.41, 5.74) is 3.07. The summed E-state index contributed by atoms with van der Waals surface area (Å²) in [6.07, 6.45) is 6.40. The van der Waals surface area contributed by atoms with E-state index >= 15 is 0 Å². The Kier molecular flexibility index (Phi) is 10.5. The number of halogens is 1. The fraction of sp³-hybridized carbons (Fsp3) is 0.517. The molecule has 1 aliphatic rings. The van der Waals surface area contributed by atoms with Crippen LogP contribution in [0.3, 0.4) is 0 Å². The maximum atomic E-state index is 13.2. The number of carbonyl (C=O) groups excluding carboxylic acids is 2. The predicted molar refractivity (Wildman–Crippen MR) is 147 cm³/mol. The van der Waals surface area contributed by atoms with E-state index in [9.17, 15) is 14.7 Å². The first-order valence-corrected chi connectivity index (χ1v) is 13.5. The number of ether oxygens (including phenoxy) is 2. The molecule has 0 aromatic heterocycles. The lowest BCUT2D eigenvalue weighted by atomic mass is 9.86. The largest absolute Gasteiger partial charge is 0.506 e. The Bertz CT molecular complexity index is 1090. The van der Waals surface area contributed by atoms with E-state index in [0.717, 1.165) is 63.0 Å². The molecule has 0 unspecified atom stereocenters. The topological polar surface area (TPSA) is 79.3 Å². The minimum Gasteiger partial charge on any atom is -0.506 e. The highest BCUT2D eigenvalue weighted by molar-refractivity contribution is 6.32. The van der Waals surface area contributed by atoms with Gasteiger partial charge in [-0.3, -0.25) is 9.59 Å². The van der Waals surface area contributed by atoms with Crippen LogP contribution in [0.25, 0.3) is 0 Å². The molecule has 0 fully saturated rings. The van der Waals surface area contributed by atoms with E-state index in [4.69, 9.17) is 21.1 Å². The summed E-state index contributed by atoms with van der Waals surface area (Å²) in [5.74, 6) is 1.66. The molecule has 3 rings (SSSR count). The van der Waals surface area contributed by atoms with Crippen molar-refractivity contribution >= 4 is 29.1 Å². The van der Waals surface area contributed by atoms with E-state index in [1.54, 1.807) is 31.3 Å². The minimum absolute atomic E-state index is 0.00983. The number of unbranched alkanes of at least 4 members (excludes halogenated alkanes) is 2. The van der Waals surface area contributed by atoms with E-state index in [1.165, 1.54) is 24.1 Å². The van der Waals surface area contributed by atoms with Gasteiger partial charge in [-0.05, 0) is 68.4 Å². The second kappa shape index (κ2) is 13.6. The summed E-state index contributed by atoms with van der Waals surface area (Å²) in [4.78, 5) is 29.1. The maximum Gasteiger partial charge on any atom is 0.223 e. The number of methoxy groups -OCH3 is 2. The Morgan fingerprint density at radius 1 is 1.08 bits per heavy atom. The first kappa shape index (κ1) is 28.6. The number of rotatable bonds is 12. The van der Waals surface area contributed by atoms with Gasteiger partial charge in [0.25, 0.3) is 0 Å². The molecule has 7 nitrogen and oxygen atoms in total. The molecule has 2 aromatic carbocycles. The van der Waals surface area contributed by atoms with Crippen LogP contribution in [0.15, 0.2) is 30.3 Å². The number of amides is 2. The van der Waals surface area contributed by atoms with Crippen molar-refractivity contribution in [2.75, 3.05) is 32.2 Å². The predicted octanol–water partition coefficient (Wildman–Crippen LogP) is 5.77. The average molecular weight is 531 g/mol. The van der Waals surface area contributed by atoms with Crippen molar-refractivity contribution in [3.63, 3.8) is 0 Å². The minimum atomic E-state index is -0.0845. The highest BCUT2D eigenvalue weighted by atomic mass is 35.5. The van der Waals surface area contributed by atoms with E-state index in [-0.39, 0.29) is 28.6 Å².